The number of rotatable bonds is 8. The summed E-state index contributed by atoms with van der Waals surface area (Å²) in [6.45, 7) is 7.11. The number of phenolic OH excluding ortho intramolecular Hbond substituents is 1. The Kier molecular flexibility index (Phi) is 7.09. The van der Waals surface area contributed by atoms with Crippen molar-refractivity contribution in [3.8, 4) is 11.5 Å². The van der Waals surface area contributed by atoms with Crippen molar-refractivity contribution in [1.82, 2.24) is 19.7 Å². The third-order valence-electron chi connectivity index (χ3n) is 6.03. The molecule has 1 aliphatic rings. The first-order valence-electron chi connectivity index (χ1n) is 11.1. The van der Waals surface area contributed by atoms with Crippen LogP contribution < -0.4 is 10.1 Å². The van der Waals surface area contributed by atoms with Crippen LogP contribution >= 0.6 is 0 Å². The molecule has 0 bridgehead atoms. The molecule has 0 radical (unpaired) electrons. The summed E-state index contributed by atoms with van der Waals surface area (Å²) in [6.07, 6.45) is 1.79. The van der Waals surface area contributed by atoms with Crippen LogP contribution in [0, 0.1) is 0 Å². The number of methoxy groups -OCH3 is 1. The number of nitrogens with zero attached hydrogens (tertiary/aromatic N) is 4. The predicted octanol–water partition coefficient (Wildman–Crippen LogP) is 3.37. The molecule has 2 aromatic carbocycles. The summed E-state index contributed by atoms with van der Waals surface area (Å²) in [5.41, 5.74) is 3.74. The monoisotopic (exact) mass is 435 g/mol. The number of aromatic nitrogens is 1. The molecule has 1 aromatic heterocycles. The highest BCUT2D eigenvalue weighted by molar-refractivity contribution is 5.93. The maximum atomic E-state index is 10.5. The summed E-state index contributed by atoms with van der Waals surface area (Å²) in [7, 11) is 5.89. The van der Waals surface area contributed by atoms with E-state index in [4.69, 9.17) is 4.74 Å². The number of anilines is 2. The Bertz CT molecular complexity index is 1050. The molecule has 4 rings (SSSR count). The van der Waals surface area contributed by atoms with Gasteiger partial charge in [-0.05, 0) is 50.5 Å². The standard InChI is InChI=1S/C25H33N5O2/c1-28(2)10-11-29-12-14-30(15-13-29)18-19-16-20(4-7-25(19)31)27-23-8-9-26-24-17-21(32-3)5-6-22(23)24/h4-9,16-17,31H,10-15,18H2,1-3H3,(H,26,27). The van der Waals surface area contributed by atoms with Gasteiger partial charge in [-0.1, -0.05) is 0 Å². The van der Waals surface area contributed by atoms with E-state index >= 15 is 0 Å². The average Bonchev–Trinajstić information content (AvgIpc) is 2.80. The molecule has 2 heterocycles. The van der Waals surface area contributed by atoms with Crippen LogP contribution in [0.2, 0.25) is 0 Å². The van der Waals surface area contributed by atoms with Crippen LogP contribution in [-0.2, 0) is 6.54 Å². The number of pyridine rings is 1. The van der Waals surface area contributed by atoms with E-state index in [9.17, 15) is 5.11 Å². The Hall–Kier alpha value is -2.87. The minimum absolute atomic E-state index is 0.343. The number of nitrogens with one attached hydrogen (secondary N) is 1. The number of hydrogen-bond acceptors (Lipinski definition) is 7. The molecule has 0 unspecified atom stereocenters. The normalized spacial score (nSPS) is 15.4. The second-order valence-corrected chi connectivity index (χ2v) is 8.63. The zero-order valence-corrected chi connectivity index (χ0v) is 19.2. The molecule has 1 fully saturated rings. The summed E-state index contributed by atoms with van der Waals surface area (Å²) in [6, 6.07) is 13.6. The van der Waals surface area contributed by atoms with Gasteiger partial charge in [-0.25, -0.2) is 0 Å². The Balaban J connectivity index is 1.43. The maximum absolute atomic E-state index is 10.5. The predicted molar refractivity (Wildman–Crippen MR) is 130 cm³/mol. The summed E-state index contributed by atoms with van der Waals surface area (Å²) in [5.74, 6) is 1.13. The Morgan fingerprint density at radius 2 is 1.81 bits per heavy atom. The highest BCUT2D eigenvalue weighted by atomic mass is 16.5. The SMILES string of the molecule is COc1ccc2c(Nc3ccc(O)c(CN4CCN(CCN(C)C)CC4)c3)ccnc2c1. The van der Waals surface area contributed by atoms with Crippen LogP contribution in [0.15, 0.2) is 48.7 Å². The molecular weight excluding hydrogens is 402 g/mol. The van der Waals surface area contributed by atoms with Crippen molar-refractivity contribution in [3.63, 3.8) is 0 Å². The first-order chi connectivity index (χ1) is 15.5. The van der Waals surface area contributed by atoms with Crippen molar-refractivity contribution in [3.05, 3.63) is 54.2 Å². The summed E-state index contributed by atoms with van der Waals surface area (Å²) in [4.78, 5) is 11.6. The minimum Gasteiger partial charge on any atom is -0.508 e. The summed E-state index contributed by atoms with van der Waals surface area (Å²) >= 11 is 0. The molecule has 32 heavy (non-hydrogen) atoms. The van der Waals surface area contributed by atoms with Gasteiger partial charge in [0.05, 0.1) is 12.6 Å². The smallest absolute Gasteiger partial charge is 0.121 e. The van der Waals surface area contributed by atoms with Crippen LogP contribution in [-0.4, -0.2) is 85.3 Å². The van der Waals surface area contributed by atoms with E-state index in [-0.39, 0.29) is 0 Å². The minimum atomic E-state index is 0.343. The number of aromatic hydroxyl groups is 1. The number of piperazine rings is 1. The van der Waals surface area contributed by atoms with Crippen LogP contribution in [0.25, 0.3) is 10.9 Å². The van der Waals surface area contributed by atoms with Crippen LogP contribution in [0.1, 0.15) is 5.56 Å². The molecule has 1 aliphatic heterocycles. The largest absolute Gasteiger partial charge is 0.508 e. The van der Waals surface area contributed by atoms with Gasteiger partial charge in [0, 0.05) is 80.4 Å². The molecular formula is C25H33N5O2. The summed E-state index contributed by atoms with van der Waals surface area (Å²) < 4.78 is 5.31. The van der Waals surface area contributed by atoms with E-state index in [1.54, 1.807) is 19.4 Å². The highest BCUT2D eigenvalue weighted by Crippen LogP contribution is 2.30. The third-order valence-corrected chi connectivity index (χ3v) is 6.03. The van der Waals surface area contributed by atoms with Gasteiger partial charge in [0.2, 0.25) is 0 Å². The topological polar surface area (TPSA) is 64.1 Å². The van der Waals surface area contributed by atoms with Crippen molar-refractivity contribution in [2.24, 2.45) is 0 Å². The van der Waals surface area contributed by atoms with E-state index in [1.165, 1.54) is 0 Å². The van der Waals surface area contributed by atoms with Gasteiger partial charge in [0.1, 0.15) is 11.5 Å². The van der Waals surface area contributed by atoms with E-state index in [1.807, 2.05) is 36.4 Å². The van der Waals surface area contributed by atoms with Crippen molar-refractivity contribution in [2.45, 2.75) is 6.54 Å². The number of likely N-dealkylation sites (N-methyl/N-ethyl adjacent to an activating group) is 1. The number of benzene rings is 2. The van der Waals surface area contributed by atoms with Crippen LogP contribution in [0.5, 0.6) is 11.5 Å². The van der Waals surface area contributed by atoms with Gasteiger partial charge in [-0.15, -0.1) is 0 Å². The lowest BCUT2D eigenvalue weighted by Gasteiger charge is -2.35. The molecule has 1 saturated heterocycles. The lowest BCUT2D eigenvalue weighted by Crippen LogP contribution is -2.47. The molecule has 3 aromatic rings. The number of ether oxygens (including phenoxy) is 1. The summed E-state index contributed by atoms with van der Waals surface area (Å²) in [5, 5.41) is 15.0. The van der Waals surface area contributed by atoms with Gasteiger partial charge in [-0.3, -0.25) is 14.8 Å². The fourth-order valence-corrected chi connectivity index (χ4v) is 4.06. The quantitative estimate of drug-likeness (QED) is 0.526. The second-order valence-electron chi connectivity index (χ2n) is 8.63. The maximum Gasteiger partial charge on any atom is 0.121 e. The van der Waals surface area contributed by atoms with Gasteiger partial charge in [0.25, 0.3) is 0 Å². The molecule has 0 aliphatic carbocycles. The number of fused-ring (bicyclic) bond motifs is 1. The van der Waals surface area contributed by atoms with Crippen molar-refractivity contribution >= 4 is 22.3 Å². The zero-order valence-electron chi connectivity index (χ0n) is 19.2. The van der Waals surface area contributed by atoms with Crippen molar-refractivity contribution < 1.29 is 9.84 Å². The van der Waals surface area contributed by atoms with Gasteiger partial charge < -0.3 is 20.1 Å². The van der Waals surface area contributed by atoms with Gasteiger partial charge in [-0.2, -0.15) is 0 Å². The fraction of sp³-hybridized carbons (Fsp3) is 0.400. The van der Waals surface area contributed by atoms with E-state index in [2.05, 4.69) is 39.1 Å². The fourth-order valence-electron chi connectivity index (χ4n) is 4.06. The van der Waals surface area contributed by atoms with E-state index in [0.717, 1.165) is 79.4 Å². The Morgan fingerprint density at radius 1 is 1.03 bits per heavy atom. The molecule has 0 spiro atoms. The van der Waals surface area contributed by atoms with E-state index in [0.29, 0.717) is 5.75 Å². The lowest BCUT2D eigenvalue weighted by atomic mass is 10.1. The van der Waals surface area contributed by atoms with Crippen molar-refractivity contribution in [1.29, 1.82) is 0 Å². The van der Waals surface area contributed by atoms with Gasteiger partial charge >= 0.3 is 0 Å². The first kappa shape index (κ1) is 22.3. The Morgan fingerprint density at radius 3 is 2.56 bits per heavy atom. The molecule has 0 saturated carbocycles. The van der Waals surface area contributed by atoms with Crippen LogP contribution in [0.3, 0.4) is 0 Å². The molecule has 7 heteroatoms. The molecule has 0 atom stereocenters. The second kappa shape index (κ2) is 10.2. The molecule has 170 valence electrons. The molecule has 0 amide bonds. The number of hydrogen-bond donors (Lipinski definition) is 2. The molecule has 2 N–H and O–H groups in total. The van der Waals surface area contributed by atoms with Crippen LogP contribution in [0.4, 0.5) is 11.4 Å². The van der Waals surface area contributed by atoms with Gasteiger partial charge in [0.15, 0.2) is 0 Å². The molecule has 7 nitrogen and oxygen atoms in total. The van der Waals surface area contributed by atoms with Crippen molar-refractivity contribution in [2.75, 3.05) is 65.8 Å². The lowest BCUT2D eigenvalue weighted by molar-refractivity contribution is 0.120. The van der Waals surface area contributed by atoms with E-state index < -0.39 is 0 Å². The first-order valence-corrected chi connectivity index (χ1v) is 11.1. The zero-order chi connectivity index (χ0) is 22.5. The number of phenols is 1. The highest BCUT2D eigenvalue weighted by Gasteiger charge is 2.18. The Labute approximate surface area is 190 Å². The average molecular weight is 436 g/mol. The third kappa shape index (κ3) is 5.48.